The molecule has 8 heteroatoms. The fourth-order valence-corrected chi connectivity index (χ4v) is 3.45. The first-order valence-corrected chi connectivity index (χ1v) is 8.31. The van der Waals surface area contributed by atoms with Crippen molar-refractivity contribution in [2.45, 2.75) is 31.2 Å². The molecule has 144 valence electrons. The highest BCUT2D eigenvalue weighted by Gasteiger charge is 2.52. The summed E-state index contributed by atoms with van der Waals surface area (Å²) >= 11 is 0. The zero-order valence-electron chi connectivity index (χ0n) is 15.0. The second kappa shape index (κ2) is 6.70. The van der Waals surface area contributed by atoms with Crippen molar-refractivity contribution in [1.82, 2.24) is 0 Å². The van der Waals surface area contributed by atoms with Crippen LogP contribution >= 0.6 is 0 Å². The predicted molar refractivity (Wildman–Crippen MR) is 90.9 cm³/mol. The van der Waals surface area contributed by atoms with Crippen molar-refractivity contribution in [2.24, 2.45) is 5.92 Å². The van der Waals surface area contributed by atoms with Crippen molar-refractivity contribution < 1.29 is 38.4 Å². The van der Waals surface area contributed by atoms with Gasteiger partial charge in [0, 0.05) is 23.6 Å². The monoisotopic (exact) mass is 376 g/mol. The molecular formula is C19H20O8. The lowest BCUT2D eigenvalue weighted by Crippen LogP contribution is -2.40. The minimum Gasteiger partial charge on any atom is -0.479 e. The lowest BCUT2D eigenvalue weighted by atomic mass is 9.83. The van der Waals surface area contributed by atoms with Crippen LogP contribution in [0, 0.1) is 5.92 Å². The van der Waals surface area contributed by atoms with Crippen molar-refractivity contribution in [3.63, 3.8) is 0 Å². The summed E-state index contributed by atoms with van der Waals surface area (Å²) in [6.07, 6.45) is 1.16. The fourth-order valence-electron chi connectivity index (χ4n) is 3.45. The summed E-state index contributed by atoms with van der Waals surface area (Å²) in [5.74, 6) is -2.46. The predicted octanol–water partition coefficient (Wildman–Crippen LogP) is 0.720. The van der Waals surface area contributed by atoms with Crippen LogP contribution < -0.4 is 0 Å². The van der Waals surface area contributed by atoms with Gasteiger partial charge in [0.1, 0.15) is 18.0 Å². The standard InChI is InChI=1S/C19H20O8/c1-9-16-13(25-10(2)18(23)24-4)5-11(8-20)12-6-15(21)19(3,27-12)7-14(16)26-17(9)22/h5-6,13-14,16,20H,1-2,7-8H2,3-4H3. The number of carbonyl (C=O) groups is 3. The number of aliphatic hydroxyl groups is 1. The molecule has 0 aliphatic carbocycles. The highest BCUT2D eigenvalue weighted by molar-refractivity contribution is 6.00. The maximum atomic E-state index is 12.4. The van der Waals surface area contributed by atoms with Gasteiger partial charge in [-0.2, -0.15) is 0 Å². The van der Waals surface area contributed by atoms with Gasteiger partial charge in [-0.1, -0.05) is 6.58 Å². The Morgan fingerprint density at radius 1 is 1.44 bits per heavy atom. The number of hydrogen-bond acceptors (Lipinski definition) is 8. The first kappa shape index (κ1) is 18.9. The lowest BCUT2D eigenvalue weighted by molar-refractivity contribution is -0.146. The summed E-state index contributed by atoms with van der Waals surface area (Å²) in [5.41, 5.74) is -0.826. The molecule has 4 unspecified atom stereocenters. The minimum absolute atomic E-state index is 0.0678. The molecule has 27 heavy (non-hydrogen) atoms. The summed E-state index contributed by atoms with van der Waals surface area (Å²) in [7, 11) is 1.18. The van der Waals surface area contributed by atoms with E-state index in [0.717, 1.165) is 0 Å². The number of methoxy groups -OCH3 is 1. The van der Waals surface area contributed by atoms with E-state index >= 15 is 0 Å². The third kappa shape index (κ3) is 3.16. The van der Waals surface area contributed by atoms with E-state index in [1.165, 1.54) is 19.3 Å². The molecule has 0 radical (unpaired) electrons. The molecule has 8 nitrogen and oxygen atoms in total. The Balaban J connectivity index is 2.08. The molecule has 2 bridgehead atoms. The number of esters is 2. The molecule has 3 rings (SSSR count). The summed E-state index contributed by atoms with van der Waals surface area (Å²) < 4.78 is 21.4. The Labute approximate surface area is 155 Å². The third-order valence-electron chi connectivity index (χ3n) is 4.93. The Hall–Kier alpha value is -2.87. The summed E-state index contributed by atoms with van der Waals surface area (Å²) in [6.45, 7) is 8.45. The van der Waals surface area contributed by atoms with Crippen molar-refractivity contribution >= 4 is 17.7 Å². The van der Waals surface area contributed by atoms with Crippen LogP contribution in [-0.2, 0) is 33.3 Å². The molecule has 3 heterocycles. The quantitative estimate of drug-likeness (QED) is 0.434. The van der Waals surface area contributed by atoms with Crippen LogP contribution in [0.5, 0.6) is 0 Å². The Morgan fingerprint density at radius 2 is 2.15 bits per heavy atom. The van der Waals surface area contributed by atoms with Crippen LogP contribution in [-0.4, -0.2) is 54.4 Å². The van der Waals surface area contributed by atoms with E-state index in [4.69, 9.17) is 14.2 Å². The number of hydrogen-bond donors (Lipinski definition) is 1. The maximum absolute atomic E-state index is 12.4. The molecule has 0 saturated carbocycles. The van der Waals surface area contributed by atoms with E-state index in [0.29, 0.717) is 0 Å². The van der Waals surface area contributed by atoms with Gasteiger partial charge in [-0.15, -0.1) is 0 Å². The Bertz CT molecular complexity index is 805. The van der Waals surface area contributed by atoms with E-state index in [1.54, 1.807) is 6.92 Å². The highest BCUT2D eigenvalue weighted by atomic mass is 16.6. The van der Waals surface area contributed by atoms with E-state index in [9.17, 15) is 19.5 Å². The molecule has 1 fully saturated rings. The molecule has 3 aliphatic rings. The topological polar surface area (TPSA) is 108 Å². The van der Waals surface area contributed by atoms with Gasteiger partial charge in [-0.25, -0.2) is 9.59 Å². The number of carbonyl (C=O) groups excluding carboxylic acids is 3. The molecule has 0 aromatic carbocycles. The number of ketones is 1. The zero-order valence-corrected chi connectivity index (χ0v) is 15.0. The van der Waals surface area contributed by atoms with Gasteiger partial charge in [-0.05, 0) is 19.6 Å². The summed E-state index contributed by atoms with van der Waals surface area (Å²) in [6, 6.07) is 0. The average molecular weight is 376 g/mol. The molecular weight excluding hydrogens is 356 g/mol. The first-order valence-electron chi connectivity index (χ1n) is 8.31. The van der Waals surface area contributed by atoms with Crippen molar-refractivity contribution in [2.75, 3.05) is 13.7 Å². The number of aliphatic hydroxyl groups excluding tert-OH is 1. The molecule has 0 aromatic heterocycles. The third-order valence-corrected chi connectivity index (χ3v) is 4.93. The molecule has 4 atom stereocenters. The Morgan fingerprint density at radius 3 is 2.78 bits per heavy atom. The second-order valence-electron chi connectivity index (χ2n) is 6.75. The van der Waals surface area contributed by atoms with Crippen LogP contribution in [0.3, 0.4) is 0 Å². The van der Waals surface area contributed by atoms with Crippen LogP contribution in [0.1, 0.15) is 13.3 Å². The van der Waals surface area contributed by atoms with Gasteiger partial charge in [0.2, 0.25) is 5.78 Å². The molecule has 0 aromatic rings. The SMILES string of the molecule is C=C(OC1C=C(CO)C2=CC(=O)C(C)(CC3OC(=O)C(=C)C13)O2)C(=O)OC. The Kier molecular flexibility index (Phi) is 4.69. The molecule has 3 aliphatic heterocycles. The normalized spacial score (nSPS) is 32.1. The average Bonchev–Trinajstić information content (AvgIpc) is 3.07. The largest absolute Gasteiger partial charge is 0.479 e. The molecule has 1 saturated heterocycles. The van der Waals surface area contributed by atoms with Crippen molar-refractivity contribution in [3.8, 4) is 0 Å². The highest BCUT2D eigenvalue weighted by Crippen LogP contribution is 2.43. The van der Waals surface area contributed by atoms with E-state index in [2.05, 4.69) is 17.9 Å². The zero-order chi connectivity index (χ0) is 19.9. The smallest absolute Gasteiger partial charge is 0.372 e. The van der Waals surface area contributed by atoms with Crippen molar-refractivity contribution in [1.29, 1.82) is 0 Å². The summed E-state index contributed by atoms with van der Waals surface area (Å²) in [5, 5.41) is 9.76. The van der Waals surface area contributed by atoms with Crippen LogP contribution in [0.15, 0.2) is 48.0 Å². The lowest BCUT2D eigenvalue weighted by Gasteiger charge is -2.29. The number of fused-ring (bicyclic) bond motifs is 3. The minimum atomic E-state index is -1.24. The second-order valence-corrected chi connectivity index (χ2v) is 6.75. The fraction of sp³-hybridized carbons (Fsp3) is 0.421. The van der Waals surface area contributed by atoms with Crippen LogP contribution in [0.25, 0.3) is 0 Å². The summed E-state index contributed by atoms with van der Waals surface area (Å²) in [4.78, 5) is 36.2. The van der Waals surface area contributed by atoms with Gasteiger partial charge in [0.15, 0.2) is 11.4 Å². The first-order chi connectivity index (χ1) is 12.7. The van der Waals surface area contributed by atoms with E-state index in [1.807, 2.05) is 0 Å². The van der Waals surface area contributed by atoms with Crippen molar-refractivity contribution in [3.05, 3.63) is 48.0 Å². The van der Waals surface area contributed by atoms with Crippen LogP contribution in [0.2, 0.25) is 0 Å². The van der Waals surface area contributed by atoms with Gasteiger partial charge >= 0.3 is 11.9 Å². The van der Waals surface area contributed by atoms with Crippen LogP contribution in [0.4, 0.5) is 0 Å². The number of ether oxygens (including phenoxy) is 4. The van der Waals surface area contributed by atoms with Gasteiger partial charge in [0.25, 0.3) is 0 Å². The molecule has 0 spiro atoms. The van der Waals surface area contributed by atoms with Gasteiger partial charge < -0.3 is 24.1 Å². The molecule has 1 N–H and O–H groups in total. The molecule has 0 amide bonds. The van der Waals surface area contributed by atoms with Gasteiger partial charge in [0.05, 0.1) is 19.6 Å². The van der Waals surface area contributed by atoms with Gasteiger partial charge in [-0.3, -0.25) is 4.79 Å². The maximum Gasteiger partial charge on any atom is 0.372 e. The number of rotatable bonds is 4. The van der Waals surface area contributed by atoms with E-state index in [-0.39, 0.29) is 34.9 Å². The van der Waals surface area contributed by atoms with E-state index < -0.39 is 42.3 Å².